The van der Waals surface area contributed by atoms with E-state index in [4.69, 9.17) is 0 Å². The van der Waals surface area contributed by atoms with Crippen molar-refractivity contribution in [1.82, 2.24) is 14.6 Å². The highest BCUT2D eigenvalue weighted by atomic mass is 32.1. The van der Waals surface area contributed by atoms with Crippen LogP contribution in [0.3, 0.4) is 0 Å². The fourth-order valence-corrected chi connectivity index (χ4v) is 3.63. The minimum Gasteiger partial charge on any atom is -0.325 e. The summed E-state index contributed by atoms with van der Waals surface area (Å²) in [7, 11) is 0. The molecule has 1 aromatic carbocycles. The number of alkyl halides is 3. The van der Waals surface area contributed by atoms with Crippen LogP contribution >= 0.6 is 11.3 Å². The molecule has 0 fully saturated rings. The van der Waals surface area contributed by atoms with Crippen LogP contribution < -0.4 is 5.32 Å². The first kappa shape index (κ1) is 21.0. The number of imidazole rings is 1. The Morgan fingerprint density at radius 3 is 2.48 bits per heavy atom. The SMILES string of the molecule is CC(C)(C)C(=O)Nc1cc(-c2cn3nc(-c4cccs4)ccc3n2)ccc1C(F)(F)F. The Balaban J connectivity index is 1.76. The Kier molecular flexibility index (Phi) is 5.09. The molecule has 9 heteroatoms. The first-order chi connectivity index (χ1) is 14.5. The molecule has 0 bridgehead atoms. The zero-order chi connectivity index (χ0) is 22.4. The number of thiophene rings is 1. The second-order valence-corrected chi connectivity index (χ2v) is 9.03. The zero-order valence-corrected chi connectivity index (χ0v) is 17.8. The van der Waals surface area contributed by atoms with Crippen molar-refractivity contribution >= 4 is 28.6 Å². The van der Waals surface area contributed by atoms with Gasteiger partial charge in [-0.2, -0.15) is 18.3 Å². The van der Waals surface area contributed by atoms with Crippen LogP contribution in [0.1, 0.15) is 26.3 Å². The van der Waals surface area contributed by atoms with Crippen LogP contribution in [0.4, 0.5) is 18.9 Å². The van der Waals surface area contributed by atoms with Crippen LogP contribution in [0.15, 0.2) is 54.0 Å². The maximum atomic E-state index is 13.5. The summed E-state index contributed by atoms with van der Waals surface area (Å²) in [5.41, 5.74) is 0.193. The molecule has 0 saturated carbocycles. The third kappa shape index (κ3) is 4.32. The summed E-state index contributed by atoms with van der Waals surface area (Å²) in [5, 5.41) is 8.91. The lowest BCUT2D eigenvalue weighted by Crippen LogP contribution is -2.28. The van der Waals surface area contributed by atoms with Gasteiger partial charge in [0.05, 0.1) is 28.0 Å². The first-order valence-electron chi connectivity index (χ1n) is 9.46. The van der Waals surface area contributed by atoms with Gasteiger partial charge in [-0.1, -0.05) is 32.9 Å². The van der Waals surface area contributed by atoms with Gasteiger partial charge in [0.2, 0.25) is 5.91 Å². The lowest BCUT2D eigenvalue weighted by Gasteiger charge is -2.20. The number of benzene rings is 1. The van der Waals surface area contributed by atoms with Gasteiger partial charge >= 0.3 is 6.18 Å². The van der Waals surface area contributed by atoms with Gasteiger partial charge in [-0.15, -0.1) is 11.3 Å². The highest BCUT2D eigenvalue weighted by Gasteiger charge is 2.35. The van der Waals surface area contributed by atoms with E-state index in [2.05, 4.69) is 15.4 Å². The van der Waals surface area contributed by atoms with Crippen LogP contribution in [-0.2, 0) is 11.0 Å². The van der Waals surface area contributed by atoms with E-state index in [0.717, 1.165) is 16.6 Å². The van der Waals surface area contributed by atoms with Crippen molar-refractivity contribution in [3.63, 3.8) is 0 Å². The van der Waals surface area contributed by atoms with Crippen molar-refractivity contribution in [3.8, 4) is 21.8 Å². The number of halogens is 3. The van der Waals surface area contributed by atoms with Gasteiger partial charge in [0.15, 0.2) is 5.65 Å². The molecule has 3 aromatic heterocycles. The molecule has 1 N–H and O–H groups in total. The summed E-state index contributed by atoms with van der Waals surface area (Å²) < 4.78 is 42.1. The maximum Gasteiger partial charge on any atom is 0.418 e. The molecule has 5 nitrogen and oxygen atoms in total. The maximum absolute atomic E-state index is 13.5. The molecule has 0 unspecified atom stereocenters. The minimum absolute atomic E-state index is 0.297. The van der Waals surface area contributed by atoms with E-state index in [0.29, 0.717) is 16.9 Å². The van der Waals surface area contributed by atoms with E-state index in [1.807, 2.05) is 23.6 Å². The summed E-state index contributed by atoms with van der Waals surface area (Å²) >= 11 is 1.56. The van der Waals surface area contributed by atoms with Crippen molar-refractivity contribution in [2.45, 2.75) is 26.9 Å². The van der Waals surface area contributed by atoms with Crippen molar-refractivity contribution in [1.29, 1.82) is 0 Å². The zero-order valence-electron chi connectivity index (χ0n) is 17.0. The fraction of sp³-hybridized carbons (Fsp3) is 0.227. The predicted molar refractivity (Wildman–Crippen MR) is 115 cm³/mol. The number of fused-ring (bicyclic) bond motifs is 1. The Labute approximate surface area is 180 Å². The number of amides is 1. The molecule has 31 heavy (non-hydrogen) atoms. The monoisotopic (exact) mass is 444 g/mol. The summed E-state index contributed by atoms with van der Waals surface area (Å²) in [4.78, 5) is 17.8. The molecule has 0 aliphatic rings. The Bertz CT molecular complexity index is 1250. The van der Waals surface area contributed by atoms with Crippen molar-refractivity contribution in [2.75, 3.05) is 5.32 Å². The molecule has 4 rings (SSSR count). The highest BCUT2D eigenvalue weighted by molar-refractivity contribution is 7.13. The summed E-state index contributed by atoms with van der Waals surface area (Å²) in [6.45, 7) is 4.91. The van der Waals surface area contributed by atoms with Crippen molar-refractivity contribution in [2.24, 2.45) is 5.41 Å². The van der Waals surface area contributed by atoms with E-state index in [1.165, 1.54) is 12.1 Å². The van der Waals surface area contributed by atoms with Crippen LogP contribution in [0.5, 0.6) is 0 Å². The minimum atomic E-state index is -4.60. The predicted octanol–water partition coefficient (Wildman–Crippen LogP) is 6.13. The van der Waals surface area contributed by atoms with Gasteiger partial charge in [0, 0.05) is 11.0 Å². The van der Waals surface area contributed by atoms with Crippen LogP contribution in [0.25, 0.3) is 27.5 Å². The molecule has 1 amide bonds. The molecule has 0 spiro atoms. The lowest BCUT2D eigenvalue weighted by atomic mass is 9.95. The second-order valence-electron chi connectivity index (χ2n) is 8.09. The number of anilines is 1. The average Bonchev–Trinajstić information content (AvgIpc) is 3.35. The average molecular weight is 444 g/mol. The number of nitrogens with zero attached hydrogens (tertiary/aromatic N) is 3. The Hall–Kier alpha value is -3.20. The van der Waals surface area contributed by atoms with Crippen LogP contribution in [0.2, 0.25) is 0 Å². The van der Waals surface area contributed by atoms with Gasteiger partial charge in [-0.05, 0) is 35.7 Å². The van der Waals surface area contributed by atoms with E-state index in [9.17, 15) is 18.0 Å². The summed E-state index contributed by atoms with van der Waals surface area (Å²) in [6.07, 6.45) is -2.94. The Morgan fingerprint density at radius 1 is 1.06 bits per heavy atom. The van der Waals surface area contributed by atoms with Crippen LogP contribution in [-0.4, -0.2) is 20.5 Å². The van der Waals surface area contributed by atoms with Crippen molar-refractivity contribution in [3.05, 3.63) is 59.6 Å². The number of hydrogen-bond acceptors (Lipinski definition) is 4. The molecule has 0 aliphatic heterocycles. The summed E-state index contributed by atoms with van der Waals surface area (Å²) in [5.74, 6) is -0.507. The van der Waals surface area contributed by atoms with E-state index in [-0.39, 0.29) is 5.69 Å². The normalized spacial score (nSPS) is 12.3. The van der Waals surface area contributed by atoms with Crippen LogP contribution in [0, 0.1) is 5.41 Å². The molecule has 0 saturated heterocycles. The standard InChI is InChI=1S/C22H19F3N4OS/c1-21(2,3)20(30)27-16-11-13(6-7-14(16)22(23,24)25)17-12-29-19(26-17)9-8-15(28-29)18-5-4-10-31-18/h4-12H,1-3H3,(H,27,30). The smallest absolute Gasteiger partial charge is 0.325 e. The third-order valence-corrected chi connectivity index (χ3v) is 5.54. The van der Waals surface area contributed by atoms with Gasteiger partial charge in [-0.3, -0.25) is 4.79 Å². The van der Waals surface area contributed by atoms with Gasteiger partial charge < -0.3 is 5.32 Å². The molecular weight excluding hydrogens is 425 g/mol. The topological polar surface area (TPSA) is 59.3 Å². The number of rotatable bonds is 3. The quantitative estimate of drug-likeness (QED) is 0.414. The highest BCUT2D eigenvalue weighted by Crippen LogP contribution is 2.38. The first-order valence-corrected chi connectivity index (χ1v) is 10.3. The molecule has 0 atom stereocenters. The van der Waals surface area contributed by atoms with E-state index >= 15 is 0 Å². The third-order valence-electron chi connectivity index (χ3n) is 4.64. The summed E-state index contributed by atoms with van der Waals surface area (Å²) in [6, 6.07) is 11.1. The largest absolute Gasteiger partial charge is 0.418 e. The van der Waals surface area contributed by atoms with E-state index in [1.54, 1.807) is 48.9 Å². The molecule has 0 radical (unpaired) electrons. The number of carbonyl (C=O) groups excluding carboxylic acids is 1. The number of nitrogens with one attached hydrogen (secondary N) is 1. The molecule has 160 valence electrons. The molecule has 4 aromatic rings. The van der Waals surface area contributed by atoms with Gasteiger partial charge in [-0.25, -0.2) is 9.50 Å². The second kappa shape index (κ2) is 7.49. The molecular formula is C22H19F3N4OS. The lowest BCUT2D eigenvalue weighted by molar-refractivity contribution is -0.137. The molecule has 3 heterocycles. The fourth-order valence-electron chi connectivity index (χ4n) is 2.94. The number of carbonyl (C=O) groups is 1. The van der Waals surface area contributed by atoms with E-state index < -0.39 is 23.1 Å². The molecule has 0 aliphatic carbocycles. The van der Waals surface area contributed by atoms with Gasteiger partial charge in [0.25, 0.3) is 0 Å². The van der Waals surface area contributed by atoms with Crippen molar-refractivity contribution < 1.29 is 18.0 Å². The number of hydrogen-bond donors (Lipinski definition) is 1. The van der Waals surface area contributed by atoms with Gasteiger partial charge in [0.1, 0.15) is 5.69 Å². The number of aromatic nitrogens is 3. The Morgan fingerprint density at radius 2 is 1.84 bits per heavy atom.